The number of alkyl halides is 7. The molecule has 3 aromatic rings. The molecule has 0 fully saturated rings. The molecule has 0 radical (unpaired) electrons. The fourth-order valence-corrected chi connectivity index (χ4v) is 3.80. The predicted octanol–water partition coefficient (Wildman–Crippen LogP) is 4.46. The number of aromatic nitrogens is 5. The van der Waals surface area contributed by atoms with Crippen LogP contribution in [0.15, 0.2) is 40.5 Å². The summed E-state index contributed by atoms with van der Waals surface area (Å²) in [6.45, 7) is 1.01. The van der Waals surface area contributed by atoms with Gasteiger partial charge in [-0.3, -0.25) is 9.59 Å². The molecular formula is C20H14F8N7O4S+. The van der Waals surface area contributed by atoms with Gasteiger partial charge in [0.1, 0.15) is 6.54 Å². The maximum Gasteiger partial charge on any atom is 0.460 e. The summed E-state index contributed by atoms with van der Waals surface area (Å²) in [7, 11) is 1.00. The minimum atomic E-state index is -6.67. The molecule has 0 aliphatic carbocycles. The van der Waals surface area contributed by atoms with Gasteiger partial charge in [-0.05, 0) is 41.2 Å². The van der Waals surface area contributed by atoms with Gasteiger partial charge in [-0.25, -0.2) is 18.9 Å². The molecule has 214 valence electrons. The molecule has 2 aromatic heterocycles. The van der Waals surface area contributed by atoms with Crippen molar-refractivity contribution in [3.8, 4) is 0 Å². The van der Waals surface area contributed by atoms with E-state index in [1.807, 2.05) is 5.32 Å². The van der Waals surface area contributed by atoms with E-state index in [0.717, 1.165) is 29.6 Å². The highest BCUT2D eigenvalue weighted by Crippen LogP contribution is 2.51. The lowest BCUT2D eigenvalue weighted by Crippen LogP contribution is -2.50. The molecular weight excluding hydrogens is 586 g/mol. The van der Waals surface area contributed by atoms with E-state index >= 15 is 0 Å². The van der Waals surface area contributed by atoms with Gasteiger partial charge in [-0.1, -0.05) is 0 Å². The first-order valence-corrected chi connectivity index (χ1v) is 11.2. The number of nitrogens with zero attached hydrogens (tertiary/aromatic N) is 6. The smallest absolute Gasteiger partial charge is 0.304 e. The third kappa shape index (κ3) is 6.00. The Labute approximate surface area is 221 Å². The van der Waals surface area contributed by atoms with Crippen LogP contribution in [0.25, 0.3) is 0 Å². The van der Waals surface area contributed by atoms with Gasteiger partial charge >= 0.3 is 23.7 Å². The molecule has 0 saturated carbocycles. The second-order valence-corrected chi connectivity index (χ2v) is 8.71. The maximum absolute atomic E-state index is 14.5. The van der Waals surface area contributed by atoms with Crippen LogP contribution in [0.4, 0.5) is 46.6 Å². The number of ketones is 1. The minimum Gasteiger partial charge on any atom is -0.304 e. The van der Waals surface area contributed by atoms with Crippen molar-refractivity contribution in [1.82, 2.24) is 25.2 Å². The third-order valence-electron chi connectivity index (χ3n) is 4.84. The molecule has 0 unspecified atom stereocenters. The summed E-state index contributed by atoms with van der Waals surface area (Å²) in [5, 5.41) is 12.6. The number of carbonyl (C=O) groups is 2. The molecule has 0 spiro atoms. The number of hydrogen-bond acceptors (Lipinski definition) is 9. The standard InChI is InChI=1S/C20H13F8N7O4S/c1-9(36)8-34-17(31-32-33-34)40-14-4-3-11(35(38)39-2)6-12(14)16(37)30-15-13(21)5-10(7-29-15)18(22,23)19(24,25)20(26,27)28/h3-7H,8H2,1-2H3/p+1. The summed E-state index contributed by atoms with van der Waals surface area (Å²) in [6.07, 6.45) is -6.83. The molecule has 0 bridgehead atoms. The van der Waals surface area contributed by atoms with Crippen molar-refractivity contribution < 1.29 is 54.5 Å². The van der Waals surface area contributed by atoms with Crippen molar-refractivity contribution in [2.24, 2.45) is 0 Å². The fourth-order valence-electron chi connectivity index (χ4n) is 2.92. The number of rotatable bonds is 10. The number of anilines is 1. The lowest BCUT2D eigenvalue weighted by Gasteiger charge is -2.28. The summed E-state index contributed by atoms with van der Waals surface area (Å²) in [5.74, 6) is -17.0. The van der Waals surface area contributed by atoms with E-state index in [-0.39, 0.29) is 45.3 Å². The first-order chi connectivity index (χ1) is 18.5. The average Bonchev–Trinajstić information content (AvgIpc) is 3.29. The Morgan fingerprint density at radius 3 is 2.38 bits per heavy atom. The van der Waals surface area contributed by atoms with E-state index in [4.69, 9.17) is 0 Å². The molecule has 20 heteroatoms. The van der Waals surface area contributed by atoms with Gasteiger partial charge in [-0.15, -0.1) is 5.10 Å². The summed E-state index contributed by atoms with van der Waals surface area (Å²) < 4.78 is 107. The largest absolute Gasteiger partial charge is 0.460 e. The number of carbonyl (C=O) groups excluding carboxylic acids is 2. The Bertz CT molecular complexity index is 1460. The molecule has 0 saturated heterocycles. The fraction of sp³-hybridized carbons (Fsp3) is 0.300. The molecule has 0 atom stereocenters. The number of hydrogen-bond donors (Lipinski definition) is 1. The Kier molecular flexibility index (Phi) is 8.41. The molecule has 3 rings (SSSR count). The Balaban J connectivity index is 1.97. The van der Waals surface area contributed by atoms with Crippen LogP contribution >= 0.6 is 11.8 Å². The van der Waals surface area contributed by atoms with Crippen LogP contribution in [0.5, 0.6) is 0 Å². The van der Waals surface area contributed by atoms with Gasteiger partial charge in [0.05, 0.1) is 10.5 Å². The van der Waals surface area contributed by atoms with Gasteiger partial charge in [0.15, 0.2) is 24.5 Å². The molecule has 0 aliphatic rings. The zero-order valence-corrected chi connectivity index (χ0v) is 20.7. The van der Waals surface area contributed by atoms with Crippen molar-refractivity contribution in [3.05, 3.63) is 52.3 Å². The number of nitrogens with one attached hydrogen (secondary N) is 1. The summed E-state index contributed by atoms with van der Waals surface area (Å²) in [5.41, 5.74) is -2.75. The zero-order valence-electron chi connectivity index (χ0n) is 19.8. The van der Waals surface area contributed by atoms with Crippen LogP contribution in [0.2, 0.25) is 0 Å². The Hall–Kier alpha value is -4.23. The van der Waals surface area contributed by atoms with Crippen molar-refractivity contribution >= 4 is 35.0 Å². The quantitative estimate of drug-likeness (QED) is 0.265. The van der Waals surface area contributed by atoms with E-state index in [1.165, 1.54) is 19.1 Å². The van der Waals surface area contributed by atoms with Crippen molar-refractivity contribution in [2.45, 2.75) is 41.5 Å². The second-order valence-electron chi connectivity index (χ2n) is 7.70. The maximum atomic E-state index is 14.5. The first kappa shape index (κ1) is 30.3. The zero-order chi connectivity index (χ0) is 30.0. The molecule has 1 amide bonds. The van der Waals surface area contributed by atoms with E-state index < -0.39 is 46.7 Å². The number of halogens is 8. The van der Waals surface area contributed by atoms with Crippen LogP contribution in [0.3, 0.4) is 0 Å². The number of tetrazole rings is 1. The summed E-state index contributed by atoms with van der Waals surface area (Å²) >= 11 is 0.721. The highest BCUT2D eigenvalue weighted by atomic mass is 32.2. The van der Waals surface area contributed by atoms with Crippen LogP contribution in [0, 0.1) is 10.7 Å². The lowest BCUT2D eigenvalue weighted by molar-refractivity contribution is -0.736. The Morgan fingerprint density at radius 1 is 1.12 bits per heavy atom. The van der Waals surface area contributed by atoms with Crippen LogP contribution in [0.1, 0.15) is 22.8 Å². The molecule has 1 N–H and O–H groups in total. The second kappa shape index (κ2) is 11.1. The third-order valence-corrected chi connectivity index (χ3v) is 5.89. The van der Waals surface area contributed by atoms with Crippen molar-refractivity contribution in [2.75, 3.05) is 12.4 Å². The number of pyridine rings is 1. The van der Waals surface area contributed by atoms with Crippen molar-refractivity contribution in [1.29, 1.82) is 0 Å². The average molecular weight is 600 g/mol. The molecule has 11 nitrogen and oxygen atoms in total. The number of amides is 1. The van der Waals surface area contributed by atoms with Gasteiger partial charge in [0.25, 0.3) is 10.8 Å². The van der Waals surface area contributed by atoms with Gasteiger partial charge in [-0.2, -0.15) is 30.7 Å². The van der Waals surface area contributed by atoms with Crippen LogP contribution < -0.4 is 5.32 Å². The normalized spacial score (nSPS) is 12.2. The Morgan fingerprint density at radius 2 is 1.80 bits per heavy atom. The molecule has 2 heterocycles. The van der Waals surface area contributed by atoms with E-state index in [0.29, 0.717) is 0 Å². The van der Waals surface area contributed by atoms with E-state index in [1.54, 1.807) is 0 Å². The highest BCUT2D eigenvalue weighted by Gasteiger charge is 2.73. The lowest BCUT2D eigenvalue weighted by atomic mass is 10.0. The van der Waals surface area contributed by atoms with Crippen LogP contribution in [-0.4, -0.2) is 61.0 Å². The van der Waals surface area contributed by atoms with Crippen LogP contribution in [-0.2, 0) is 22.1 Å². The molecule has 0 aliphatic heterocycles. The number of benzene rings is 1. The highest BCUT2D eigenvalue weighted by molar-refractivity contribution is 7.99. The van der Waals surface area contributed by atoms with Gasteiger partial charge in [0.2, 0.25) is 5.16 Å². The monoisotopic (exact) mass is 600 g/mol. The molecule has 1 aromatic carbocycles. The summed E-state index contributed by atoms with van der Waals surface area (Å²) in [4.78, 5) is 43.9. The topological polar surface area (TPSA) is 132 Å². The summed E-state index contributed by atoms with van der Waals surface area (Å²) in [6, 6.07) is 3.04. The van der Waals surface area contributed by atoms with E-state index in [9.17, 15) is 49.6 Å². The minimum absolute atomic E-state index is 0.00389. The SMILES string of the molecule is CO[N+](=O)c1ccc(Sc2nnnn2CC(C)=O)c(C(=O)Nc2ncc(C(F)(F)C(F)(F)C(F)(F)F)cc2F)c1. The number of Topliss-reactive ketones (excluding diaryl/α,β-unsaturated/α-hetero) is 1. The van der Waals surface area contributed by atoms with E-state index in [2.05, 4.69) is 25.3 Å². The van der Waals surface area contributed by atoms with Gasteiger partial charge in [0, 0.05) is 28.8 Å². The molecule has 40 heavy (non-hydrogen) atoms. The first-order valence-electron chi connectivity index (χ1n) is 10.4. The van der Waals surface area contributed by atoms with Gasteiger partial charge < -0.3 is 5.32 Å². The predicted molar refractivity (Wildman–Crippen MR) is 116 cm³/mol. The van der Waals surface area contributed by atoms with Crippen molar-refractivity contribution in [3.63, 3.8) is 0 Å².